The summed E-state index contributed by atoms with van der Waals surface area (Å²) >= 11 is 1.72. The van der Waals surface area contributed by atoms with Gasteiger partial charge in [-0.05, 0) is 24.3 Å². The van der Waals surface area contributed by atoms with Crippen molar-refractivity contribution in [1.82, 2.24) is 0 Å². The van der Waals surface area contributed by atoms with E-state index in [9.17, 15) is 4.79 Å². The van der Waals surface area contributed by atoms with Gasteiger partial charge < -0.3 is 4.90 Å². The van der Waals surface area contributed by atoms with E-state index < -0.39 is 0 Å². The molecule has 0 saturated heterocycles. The monoisotopic (exact) mass is 237 g/mol. The van der Waals surface area contributed by atoms with Crippen molar-refractivity contribution >= 4 is 23.4 Å². The zero-order chi connectivity index (χ0) is 11.8. The summed E-state index contributed by atoms with van der Waals surface area (Å²) in [6.45, 7) is 2.17. The van der Waals surface area contributed by atoms with Crippen molar-refractivity contribution in [3.63, 3.8) is 0 Å². The fourth-order valence-electron chi connectivity index (χ4n) is 1.30. The van der Waals surface area contributed by atoms with Crippen molar-refractivity contribution in [3.8, 4) is 0 Å². The fraction of sp³-hybridized carbons (Fsp3) is 0.462. The molecule has 0 aromatic heterocycles. The quantitative estimate of drug-likeness (QED) is 0.708. The molecule has 1 aromatic rings. The van der Waals surface area contributed by atoms with Gasteiger partial charge in [0, 0.05) is 12.7 Å². The minimum Gasteiger partial charge on any atom is -0.315 e. The minimum atomic E-state index is 0.173. The first-order valence-corrected chi connectivity index (χ1v) is 6.80. The van der Waals surface area contributed by atoms with Crippen LogP contribution in [0.15, 0.2) is 30.3 Å². The number of thioether (sulfide) groups is 1. The Bertz CT molecular complexity index is 313. The first-order valence-electron chi connectivity index (χ1n) is 5.65. The molecule has 0 unspecified atom stereocenters. The number of hydrogen-bond acceptors (Lipinski definition) is 2. The van der Waals surface area contributed by atoms with Gasteiger partial charge in [0.15, 0.2) is 0 Å². The number of anilines is 1. The van der Waals surface area contributed by atoms with Crippen molar-refractivity contribution in [2.24, 2.45) is 0 Å². The van der Waals surface area contributed by atoms with Gasteiger partial charge in [-0.25, -0.2) is 0 Å². The van der Waals surface area contributed by atoms with Crippen LogP contribution in [0.5, 0.6) is 0 Å². The molecule has 16 heavy (non-hydrogen) atoms. The van der Waals surface area contributed by atoms with E-state index in [0.29, 0.717) is 5.75 Å². The summed E-state index contributed by atoms with van der Waals surface area (Å²) in [4.78, 5) is 13.5. The van der Waals surface area contributed by atoms with Gasteiger partial charge in [-0.2, -0.15) is 11.8 Å². The standard InChI is InChI=1S/C13H19NOS/c1-3-4-10-16-11-13(15)14(2)12-8-6-5-7-9-12/h5-9H,3-4,10-11H2,1-2H3. The number of unbranched alkanes of at least 4 members (excludes halogenated alkanes) is 1. The lowest BCUT2D eigenvalue weighted by Crippen LogP contribution is -2.27. The SMILES string of the molecule is CCCCSCC(=O)N(C)c1ccccc1. The van der Waals surface area contributed by atoms with E-state index in [1.54, 1.807) is 16.7 Å². The summed E-state index contributed by atoms with van der Waals surface area (Å²) in [6.07, 6.45) is 2.38. The van der Waals surface area contributed by atoms with Crippen LogP contribution in [-0.4, -0.2) is 24.5 Å². The van der Waals surface area contributed by atoms with E-state index in [4.69, 9.17) is 0 Å². The predicted octanol–water partition coefficient (Wildman–Crippen LogP) is 3.18. The smallest absolute Gasteiger partial charge is 0.236 e. The summed E-state index contributed by atoms with van der Waals surface area (Å²) in [5, 5.41) is 0. The van der Waals surface area contributed by atoms with Crippen molar-refractivity contribution in [2.45, 2.75) is 19.8 Å². The molecule has 1 amide bonds. The Labute approximate surface area is 102 Å². The molecule has 0 aliphatic carbocycles. The van der Waals surface area contributed by atoms with E-state index >= 15 is 0 Å². The highest BCUT2D eigenvalue weighted by atomic mass is 32.2. The maximum atomic E-state index is 11.8. The lowest BCUT2D eigenvalue weighted by atomic mass is 10.3. The van der Waals surface area contributed by atoms with E-state index in [1.807, 2.05) is 37.4 Å². The van der Waals surface area contributed by atoms with Crippen LogP contribution in [0.1, 0.15) is 19.8 Å². The average Bonchev–Trinajstić information content (AvgIpc) is 2.34. The van der Waals surface area contributed by atoms with Gasteiger partial charge in [-0.3, -0.25) is 4.79 Å². The summed E-state index contributed by atoms with van der Waals surface area (Å²) < 4.78 is 0. The maximum Gasteiger partial charge on any atom is 0.236 e. The molecule has 3 heteroatoms. The third kappa shape index (κ3) is 4.27. The van der Waals surface area contributed by atoms with Crippen LogP contribution < -0.4 is 4.90 Å². The normalized spacial score (nSPS) is 10.1. The van der Waals surface area contributed by atoms with Gasteiger partial charge in [-0.1, -0.05) is 31.5 Å². The molecule has 0 aliphatic heterocycles. The zero-order valence-electron chi connectivity index (χ0n) is 9.98. The molecule has 0 atom stereocenters. The molecule has 88 valence electrons. The highest BCUT2D eigenvalue weighted by Crippen LogP contribution is 2.13. The Morgan fingerprint density at radius 3 is 2.62 bits per heavy atom. The molecule has 0 heterocycles. The minimum absolute atomic E-state index is 0.173. The van der Waals surface area contributed by atoms with E-state index in [1.165, 1.54) is 12.8 Å². The third-order valence-corrected chi connectivity index (χ3v) is 3.41. The van der Waals surface area contributed by atoms with Crippen LogP contribution in [0.25, 0.3) is 0 Å². The van der Waals surface area contributed by atoms with E-state index in [2.05, 4.69) is 6.92 Å². The van der Waals surface area contributed by atoms with Gasteiger partial charge in [0.1, 0.15) is 0 Å². The van der Waals surface area contributed by atoms with Crippen LogP contribution in [0.3, 0.4) is 0 Å². The molecule has 0 aliphatic rings. The van der Waals surface area contributed by atoms with E-state index in [-0.39, 0.29) is 5.91 Å². The highest BCUT2D eigenvalue weighted by molar-refractivity contribution is 7.99. The summed E-state index contributed by atoms with van der Waals surface area (Å²) in [6, 6.07) is 9.76. The van der Waals surface area contributed by atoms with Crippen LogP contribution in [-0.2, 0) is 4.79 Å². The third-order valence-electron chi connectivity index (χ3n) is 2.39. The van der Waals surface area contributed by atoms with E-state index in [0.717, 1.165) is 11.4 Å². The Morgan fingerprint density at radius 2 is 2.00 bits per heavy atom. The average molecular weight is 237 g/mol. The molecule has 1 aromatic carbocycles. The predicted molar refractivity (Wildman–Crippen MR) is 72.1 cm³/mol. The number of hydrogen-bond donors (Lipinski definition) is 0. The topological polar surface area (TPSA) is 20.3 Å². The van der Waals surface area contributed by atoms with Crippen molar-refractivity contribution in [2.75, 3.05) is 23.5 Å². The van der Waals surface area contributed by atoms with Gasteiger partial charge in [0.25, 0.3) is 0 Å². The molecule has 0 radical (unpaired) electrons. The second-order valence-corrected chi connectivity index (χ2v) is 4.80. The van der Waals surface area contributed by atoms with Crippen LogP contribution >= 0.6 is 11.8 Å². The Balaban J connectivity index is 2.37. The van der Waals surface area contributed by atoms with Gasteiger partial charge in [0.05, 0.1) is 5.75 Å². The second-order valence-electron chi connectivity index (χ2n) is 3.69. The lowest BCUT2D eigenvalue weighted by molar-refractivity contribution is -0.115. The lowest BCUT2D eigenvalue weighted by Gasteiger charge is -2.16. The second kappa shape index (κ2) is 7.34. The molecule has 0 bridgehead atoms. The van der Waals surface area contributed by atoms with Gasteiger partial charge >= 0.3 is 0 Å². The van der Waals surface area contributed by atoms with Crippen LogP contribution in [0.4, 0.5) is 5.69 Å². The molecule has 0 spiro atoms. The molecule has 0 N–H and O–H groups in total. The number of carbonyl (C=O) groups is 1. The number of benzene rings is 1. The molecule has 0 saturated carbocycles. The molecular weight excluding hydrogens is 218 g/mol. The first kappa shape index (κ1) is 13.1. The summed E-state index contributed by atoms with van der Waals surface area (Å²) in [5.41, 5.74) is 0.962. The highest BCUT2D eigenvalue weighted by Gasteiger charge is 2.09. The van der Waals surface area contributed by atoms with Crippen molar-refractivity contribution in [1.29, 1.82) is 0 Å². The van der Waals surface area contributed by atoms with Crippen molar-refractivity contribution in [3.05, 3.63) is 30.3 Å². The summed E-state index contributed by atoms with van der Waals surface area (Å²) in [5.74, 6) is 1.82. The molecule has 2 nitrogen and oxygen atoms in total. The van der Waals surface area contributed by atoms with Gasteiger partial charge in [-0.15, -0.1) is 0 Å². The first-order chi connectivity index (χ1) is 7.75. The summed E-state index contributed by atoms with van der Waals surface area (Å²) in [7, 11) is 1.83. The van der Waals surface area contributed by atoms with Gasteiger partial charge in [0.2, 0.25) is 5.91 Å². The van der Waals surface area contributed by atoms with Crippen LogP contribution in [0, 0.1) is 0 Å². The molecular formula is C13H19NOS. The number of rotatable bonds is 6. The molecule has 1 rings (SSSR count). The largest absolute Gasteiger partial charge is 0.315 e. The Hall–Kier alpha value is -0.960. The number of para-hydroxylation sites is 1. The van der Waals surface area contributed by atoms with Crippen molar-refractivity contribution < 1.29 is 4.79 Å². The Kier molecular flexibility index (Phi) is 6.01. The molecule has 0 fully saturated rings. The maximum absolute atomic E-state index is 11.8. The number of nitrogens with zero attached hydrogens (tertiary/aromatic N) is 1. The van der Waals surface area contributed by atoms with Crippen LogP contribution in [0.2, 0.25) is 0 Å². The Morgan fingerprint density at radius 1 is 1.31 bits per heavy atom. The number of amides is 1. The zero-order valence-corrected chi connectivity index (χ0v) is 10.8. The fourth-order valence-corrected chi connectivity index (χ4v) is 2.30. The number of carbonyl (C=O) groups excluding carboxylic acids is 1.